The molecule has 0 fully saturated rings. The molecule has 0 bridgehead atoms. The van der Waals surface area contributed by atoms with Gasteiger partial charge in [0.1, 0.15) is 0 Å². The molecule has 0 aliphatic rings. The van der Waals surface area contributed by atoms with E-state index in [2.05, 4.69) is 27.3 Å². The summed E-state index contributed by atoms with van der Waals surface area (Å²) < 4.78 is 5.29. The van der Waals surface area contributed by atoms with Crippen molar-refractivity contribution in [2.45, 2.75) is 13.5 Å². The summed E-state index contributed by atoms with van der Waals surface area (Å²) >= 11 is 0. The molecule has 102 valence electrons. The van der Waals surface area contributed by atoms with Gasteiger partial charge in [-0.1, -0.05) is 22.9 Å². The molecule has 0 aliphatic carbocycles. The normalized spacial score (nSPS) is 11.2. The highest BCUT2D eigenvalue weighted by Gasteiger charge is 2.10. The van der Waals surface area contributed by atoms with Gasteiger partial charge in [0.15, 0.2) is 5.82 Å². The highest BCUT2D eigenvalue weighted by atomic mass is 16.5. The first-order chi connectivity index (χ1) is 9.19. The lowest BCUT2D eigenvalue weighted by atomic mass is 10.1. The highest BCUT2D eigenvalue weighted by molar-refractivity contribution is 5.53. The van der Waals surface area contributed by atoms with Crippen molar-refractivity contribution >= 4 is 0 Å². The first-order valence-corrected chi connectivity index (χ1v) is 6.42. The monoisotopic (exact) mass is 260 g/mol. The fraction of sp³-hybridized carbons (Fsp3) is 0.429. The molecule has 1 aromatic carbocycles. The van der Waals surface area contributed by atoms with Crippen LogP contribution in [-0.4, -0.2) is 42.2 Å². The Hall–Kier alpha value is -1.72. The zero-order valence-corrected chi connectivity index (χ0v) is 11.7. The quantitative estimate of drug-likeness (QED) is 0.856. The van der Waals surface area contributed by atoms with Gasteiger partial charge in [0.25, 0.3) is 5.89 Å². The van der Waals surface area contributed by atoms with Crippen LogP contribution in [0, 0.1) is 6.92 Å². The first-order valence-electron chi connectivity index (χ1n) is 6.42. The maximum atomic E-state index is 5.29. The molecule has 0 aliphatic heterocycles. The van der Waals surface area contributed by atoms with Crippen LogP contribution in [0.4, 0.5) is 0 Å². The lowest BCUT2D eigenvalue weighted by Crippen LogP contribution is -2.27. The van der Waals surface area contributed by atoms with Crippen LogP contribution in [0.15, 0.2) is 28.8 Å². The highest BCUT2D eigenvalue weighted by Crippen LogP contribution is 2.17. The van der Waals surface area contributed by atoms with E-state index >= 15 is 0 Å². The number of benzene rings is 1. The molecule has 0 saturated heterocycles. The van der Waals surface area contributed by atoms with Gasteiger partial charge in [0, 0.05) is 18.7 Å². The molecule has 0 saturated carbocycles. The van der Waals surface area contributed by atoms with Crippen molar-refractivity contribution < 1.29 is 4.52 Å². The molecule has 1 aromatic heterocycles. The number of rotatable bonds is 6. The predicted octanol–water partition coefficient (Wildman–Crippen LogP) is 1.70. The van der Waals surface area contributed by atoms with Crippen LogP contribution in [0.2, 0.25) is 0 Å². The molecule has 19 heavy (non-hydrogen) atoms. The SMILES string of the molecule is CNCCN(C)Cc1noc(-c2ccc(C)cc2)n1. The molecule has 0 spiro atoms. The maximum Gasteiger partial charge on any atom is 0.257 e. The van der Waals surface area contributed by atoms with Crippen molar-refractivity contribution in [3.63, 3.8) is 0 Å². The molecular formula is C14H20N4O. The lowest BCUT2D eigenvalue weighted by Gasteiger charge is -2.13. The van der Waals surface area contributed by atoms with Gasteiger partial charge < -0.3 is 9.84 Å². The molecule has 5 nitrogen and oxygen atoms in total. The average molecular weight is 260 g/mol. The Kier molecular flexibility index (Phi) is 4.65. The van der Waals surface area contributed by atoms with Crippen LogP contribution in [0.3, 0.4) is 0 Å². The summed E-state index contributed by atoms with van der Waals surface area (Å²) in [7, 11) is 3.98. The number of likely N-dealkylation sites (N-methyl/N-ethyl adjacent to an activating group) is 2. The van der Waals surface area contributed by atoms with E-state index < -0.39 is 0 Å². The van der Waals surface area contributed by atoms with Gasteiger partial charge in [-0.25, -0.2) is 0 Å². The minimum absolute atomic E-state index is 0.581. The minimum Gasteiger partial charge on any atom is -0.334 e. The smallest absolute Gasteiger partial charge is 0.257 e. The molecular weight excluding hydrogens is 240 g/mol. The van der Waals surface area contributed by atoms with Gasteiger partial charge in [-0.2, -0.15) is 4.98 Å². The van der Waals surface area contributed by atoms with E-state index in [0.717, 1.165) is 18.7 Å². The number of hydrogen-bond donors (Lipinski definition) is 1. The Bertz CT molecular complexity index is 506. The Labute approximate surface area is 113 Å². The van der Waals surface area contributed by atoms with Crippen molar-refractivity contribution in [1.82, 2.24) is 20.4 Å². The van der Waals surface area contributed by atoms with Crippen LogP contribution in [0.25, 0.3) is 11.5 Å². The predicted molar refractivity (Wildman–Crippen MR) is 74.7 cm³/mol. The zero-order chi connectivity index (χ0) is 13.7. The number of hydrogen-bond acceptors (Lipinski definition) is 5. The number of aromatic nitrogens is 2. The van der Waals surface area contributed by atoms with Gasteiger partial charge in [0.2, 0.25) is 0 Å². The van der Waals surface area contributed by atoms with E-state index in [1.165, 1.54) is 5.56 Å². The minimum atomic E-state index is 0.581. The van der Waals surface area contributed by atoms with E-state index in [9.17, 15) is 0 Å². The summed E-state index contributed by atoms with van der Waals surface area (Å²) in [5.74, 6) is 1.30. The van der Waals surface area contributed by atoms with Crippen molar-refractivity contribution in [2.75, 3.05) is 27.2 Å². The van der Waals surface area contributed by atoms with Gasteiger partial charge >= 0.3 is 0 Å². The molecule has 0 atom stereocenters. The van der Waals surface area contributed by atoms with Crippen LogP contribution in [0.1, 0.15) is 11.4 Å². The third kappa shape index (κ3) is 3.87. The number of nitrogens with one attached hydrogen (secondary N) is 1. The summed E-state index contributed by atoms with van der Waals surface area (Å²) in [4.78, 5) is 6.57. The molecule has 2 rings (SSSR count). The largest absolute Gasteiger partial charge is 0.334 e. The zero-order valence-electron chi connectivity index (χ0n) is 11.7. The van der Waals surface area contributed by atoms with Gasteiger partial charge in [-0.3, -0.25) is 4.90 Å². The summed E-state index contributed by atoms with van der Waals surface area (Å²) in [5.41, 5.74) is 2.18. The van der Waals surface area contributed by atoms with Gasteiger partial charge in [-0.15, -0.1) is 0 Å². The van der Waals surface area contributed by atoms with Crippen molar-refractivity contribution in [1.29, 1.82) is 0 Å². The fourth-order valence-corrected chi connectivity index (χ4v) is 1.75. The Balaban J connectivity index is 2.00. The fourth-order valence-electron chi connectivity index (χ4n) is 1.75. The van der Waals surface area contributed by atoms with E-state index in [-0.39, 0.29) is 0 Å². The third-order valence-corrected chi connectivity index (χ3v) is 2.92. The molecule has 1 N–H and O–H groups in total. The van der Waals surface area contributed by atoms with Crippen LogP contribution in [-0.2, 0) is 6.54 Å². The molecule has 2 aromatic rings. The van der Waals surface area contributed by atoms with E-state index in [0.29, 0.717) is 18.3 Å². The van der Waals surface area contributed by atoms with E-state index in [4.69, 9.17) is 4.52 Å². The van der Waals surface area contributed by atoms with Crippen molar-refractivity contribution in [3.8, 4) is 11.5 Å². The Morgan fingerprint density at radius 1 is 1.26 bits per heavy atom. The number of aryl methyl sites for hydroxylation is 1. The van der Waals surface area contributed by atoms with Crippen LogP contribution in [0.5, 0.6) is 0 Å². The van der Waals surface area contributed by atoms with Crippen molar-refractivity contribution in [2.24, 2.45) is 0 Å². The molecule has 5 heteroatoms. The van der Waals surface area contributed by atoms with Crippen LogP contribution >= 0.6 is 0 Å². The van der Waals surface area contributed by atoms with Crippen LogP contribution < -0.4 is 5.32 Å². The Morgan fingerprint density at radius 3 is 2.68 bits per heavy atom. The summed E-state index contributed by atoms with van der Waals surface area (Å²) in [6.45, 7) is 4.64. The summed E-state index contributed by atoms with van der Waals surface area (Å²) in [6, 6.07) is 8.07. The van der Waals surface area contributed by atoms with Gasteiger partial charge in [0.05, 0.1) is 6.54 Å². The molecule has 0 amide bonds. The van der Waals surface area contributed by atoms with E-state index in [1.54, 1.807) is 0 Å². The third-order valence-electron chi connectivity index (χ3n) is 2.92. The molecule has 0 unspecified atom stereocenters. The number of nitrogens with zero attached hydrogens (tertiary/aromatic N) is 3. The lowest BCUT2D eigenvalue weighted by molar-refractivity contribution is 0.311. The topological polar surface area (TPSA) is 54.2 Å². The molecule has 1 heterocycles. The molecule has 0 radical (unpaired) electrons. The van der Waals surface area contributed by atoms with E-state index in [1.807, 2.05) is 38.4 Å². The second-order valence-corrected chi connectivity index (χ2v) is 4.72. The standard InChI is InChI=1S/C14H20N4O/c1-11-4-6-12(7-5-11)14-16-13(17-19-14)10-18(3)9-8-15-2/h4-7,15H,8-10H2,1-3H3. The average Bonchev–Trinajstić information content (AvgIpc) is 2.85. The summed E-state index contributed by atoms with van der Waals surface area (Å²) in [5, 5.41) is 7.13. The maximum absolute atomic E-state index is 5.29. The second-order valence-electron chi connectivity index (χ2n) is 4.72. The van der Waals surface area contributed by atoms with Gasteiger partial charge in [-0.05, 0) is 33.2 Å². The first kappa shape index (κ1) is 13.7. The van der Waals surface area contributed by atoms with Crippen molar-refractivity contribution in [3.05, 3.63) is 35.7 Å². The second kappa shape index (κ2) is 6.45. The Morgan fingerprint density at radius 2 is 2.00 bits per heavy atom. The summed E-state index contributed by atoms with van der Waals surface area (Å²) in [6.07, 6.45) is 0.